The Hall–Kier alpha value is -0.130. The van der Waals surface area contributed by atoms with Crippen molar-refractivity contribution in [2.45, 2.75) is 50.8 Å². The van der Waals surface area contributed by atoms with Crippen molar-refractivity contribution in [2.24, 2.45) is 0 Å². The Morgan fingerprint density at radius 2 is 1.38 bits per heavy atom. The van der Waals surface area contributed by atoms with E-state index in [0.717, 1.165) is 0 Å². The monoisotopic (exact) mass is 252 g/mol. The smallest absolute Gasteiger partial charge is 0.00181 e. The van der Waals surface area contributed by atoms with Crippen molar-refractivity contribution in [1.29, 1.82) is 0 Å². The third-order valence-electron chi connectivity index (χ3n) is 4.17. The highest BCUT2D eigenvalue weighted by Gasteiger charge is 2.52. The highest BCUT2D eigenvalue weighted by Crippen LogP contribution is 2.73. The largest absolute Gasteiger partial charge is 0.0915 e. The molecule has 1 saturated heterocycles. The van der Waals surface area contributed by atoms with Crippen LogP contribution in [0.5, 0.6) is 0 Å². The molecule has 1 aromatic carbocycles. The molecule has 1 aromatic rings. The van der Waals surface area contributed by atoms with E-state index < -0.39 is 6.04 Å². The Morgan fingerprint density at radius 3 is 1.81 bits per heavy atom. The summed E-state index contributed by atoms with van der Waals surface area (Å²) in [6.45, 7) is 9.48. The highest BCUT2D eigenvalue weighted by molar-refractivity contribution is 8.19. The van der Waals surface area contributed by atoms with Gasteiger partial charge in [0.2, 0.25) is 0 Å². The molecule has 88 valence electrons. The first-order valence-electron chi connectivity index (χ1n) is 5.97. The van der Waals surface area contributed by atoms with E-state index in [4.69, 9.17) is 11.8 Å². The van der Waals surface area contributed by atoms with Crippen LogP contribution >= 0.6 is 6.04 Å². The van der Waals surface area contributed by atoms with Crippen molar-refractivity contribution < 1.29 is 0 Å². The van der Waals surface area contributed by atoms with Crippen LogP contribution in [0.15, 0.2) is 30.3 Å². The van der Waals surface area contributed by atoms with Crippen molar-refractivity contribution in [3.8, 4) is 0 Å². The maximum absolute atomic E-state index is 6.22. The minimum absolute atomic E-state index is 0.313. The van der Waals surface area contributed by atoms with Gasteiger partial charge in [0, 0.05) is 0 Å². The molecular weight excluding hydrogens is 231 g/mol. The molecule has 0 amide bonds. The molecule has 0 nitrogen and oxygen atoms in total. The van der Waals surface area contributed by atoms with Gasteiger partial charge in [-0.2, -0.15) is 0 Å². The molecule has 1 aliphatic rings. The Balaban J connectivity index is 2.63. The van der Waals surface area contributed by atoms with E-state index in [2.05, 4.69) is 58.0 Å². The molecule has 1 heterocycles. The summed E-state index contributed by atoms with van der Waals surface area (Å²) >= 11 is 6.22. The first-order valence-corrected chi connectivity index (χ1v) is 8.77. The molecule has 1 aliphatic heterocycles. The first kappa shape index (κ1) is 12.3. The lowest BCUT2D eigenvalue weighted by Crippen LogP contribution is -2.29. The van der Waals surface area contributed by atoms with E-state index in [1.165, 1.54) is 18.1 Å². The predicted molar refractivity (Wildman–Crippen MR) is 77.8 cm³/mol. The average Bonchev–Trinajstić information content (AvgIpc) is 2.41. The van der Waals surface area contributed by atoms with Gasteiger partial charge in [0.15, 0.2) is 0 Å². The van der Waals surface area contributed by atoms with Gasteiger partial charge in [-0.15, -0.1) is 0 Å². The fourth-order valence-corrected chi connectivity index (χ4v) is 8.48. The Kier molecular flexibility index (Phi) is 2.84. The van der Waals surface area contributed by atoms with Gasteiger partial charge in [-0.3, -0.25) is 0 Å². The van der Waals surface area contributed by atoms with Crippen molar-refractivity contribution in [1.82, 2.24) is 0 Å². The lowest BCUT2D eigenvalue weighted by atomic mass is 10.0. The van der Waals surface area contributed by atoms with E-state index in [1.54, 1.807) is 0 Å². The number of rotatable bonds is 1. The molecule has 0 spiro atoms. The van der Waals surface area contributed by atoms with E-state index in [1.807, 2.05) is 0 Å². The fraction of sp³-hybridized carbons (Fsp3) is 0.571. The molecule has 0 aliphatic carbocycles. The van der Waals surface area contributed by atoms with Crippen LogP contribution in [-0.2, 0) is 11.8 Å². The summed E-state index contributed by atoms with van der Waals surface area (Å²) in [5.41, 5.74) is 0. The summed E-state index contributed by atoms with van der Waals surface area (Å²) in [5.74, 6) is 0. The van der Waals surface area contributed by atoms with E-state index in [9.17, 15) is 0 Å². The van der Waals surface area contributed by atoms with E-state index in [0.29, 0.717) is 10.3 Å². The summed E-state index contributed by atoms with van der Waals surface area (Å²) in [5, 5.41) is 2.05. The van der Waals surface area contributed by atoms with Crippen LogP contribution in [0.3, 0.4) is 0 Å². The third kappa shape index (κ3) is 1.52. The van der Waals surface area contributed by atoms with Crippen LogP contribution in [0.2, 0.25) is 0 Å². The zero-order valence-corrected chi connectivity index (χ0v) is 12.4. The van der Waals surface area contributed by atoms with Crippen LogP contribution in [-0.4, -0.2) is 10.3 Å². The van der Waals surface area contributed by atoms with Gasteiger partial charge in [-0.1, -0.05) is 69.8 Å². The second kappa shape index (κ2) is 3.68. The zero-order valence-electron chi connectivity index (χ0n) is 10.7. The Morgan fingerprint density at radius 1 is 0.938 bits per heavy atom. The summed E-state index contributed by atoms with van der Waals surface area (Å²) in [4.78, 5) is 0. The molecule has 0 N–H and O–H groups in total. The summed E-state index contributed by atoms with van der Waals surface area (Å²) < 4.78 is 0. The topological polar surface area (TPSA) is 0 Å². The molecule has 0 saturated carbocycles. The normalized spacial score (nSPS) is 25.5. The SMILES string of the molecule is CC1(C)CCC(C)(C)P1(=S)c1ccccc1. The maximum atomic E-state index is 6.22. The lowest BCUT2D eigenvalue weighted by molar-refractivity contribution is 0.591. The van der Waals surface area contributed by atoms with Gasteiger partial charge in [0.05, 0.1) is 0 Å². The zero-order chi connectivity index (χ0) is 12.0. The standard InChI is InChI=1S/C14H21PS/c1-13(2)10-11-14(3,4)15(13,16)12-8-6-5-7-9-12/h5-9H,10-11H2,1-4H3. The second-order valence-corrected chi connectivity index (χ2v) is 11.9. The van der Waals surface area contributed by atoms with Crippen LogP contribution in [0.1, 0.15) is 40.5 Å². The van der Waals surface area contributed by atoms with Crippen LogP contribution in [0, 0.1) is 0 Å². The predicted octanol–water partition coefficient (Wildman–Crippen LogP) is 4.14. The molecule has 0 radical (unpaired) electrons. The molecule has 0 bridgehead atoms. The number of benzene rings is 1. The molecule has 16 heavy (non-hydrogen) atoms. The van der Waals surface area contributed by atoms with Crippen molar-refractivity contribution >= 4 is 23.1 Å². The van der Waals surface area contributed by atoms with Gasteiger partial charge in [-0.05, 0) is 34.5 Å². The minimum atomic E-state index is -1.49. The van der Waals surface area contributed by atoms with E-state index in [-0.39, 0.29) is 0 Å². The molecule has 0 atom stereocenters. The van der Waals surface area contributed by atoms with Crippen LogP contribution < -0.4 is 5.30 Å². The van der Waals surface area contributed by atoms with Crippen molar-refractivity contribution in [3.63, 3.8) is 0 Å². The molecule has 0 unspecified atom stereocenters. The Bertz CT molecular complexity index is 411. The summed E-state index contributed by atoms with van der Waals surface area (Å²) in [7, 11) is 0. The second-order valence-electron chi connectivity index (χ2n) is 6.07. The lowest BCUT2D eigenvalue weighted by Gasteiger charge is -2.40. The molecule has 0 aromatic heterocycles. The fourth-order valence-electron chi connectivity index (χ4n) is 3.08. The van der Waals surface area contributed by atoms with Crippen molar-refractivity contribution in [3.05, 3.63) is 30.3 Å². The summed E-state index contributed by atoms with van der Waals surface area (Å²) in [6.07, 6.45) is 2.54. The van der Waals surface area contributed by atoms with Gasteiger partial charge >= 0.3 is 0 Å². The number of hydrogen-bond acceptors (Lipinski definition) is 1. The molecule has 2 rings (SSSR count). The molecular formula is C14H21PS. The molecule has 1 fully saturated rings. The minimum Gasteiger partial charge on any atom is -0.0915 e. The summed E-state index contributed by atoms with van der Waals surface area (Å²) in [6, 6.07) is 9.35. The van der Waals surface area contributed by atoms with Gasteiger partial charge in [-0.25, -0.2) is 0 Å². The van der Waals surface area contributed by atoms with Gasteiger partial charge in [0.25, 0.3) is 0 Å². The van der Waals surface area contributed by atoms with Crippen LogP contribution in [0.4, 0.5) is 0 Å². The van der Waals surface area contributed by atoms with Gasteiger partial charge in [0.1, 0.15) is 0 Å². The maximum Gasteiger partial charge on any atom is -0.00181 e. The van der Waals surface area contributed by atoms with Crippen LogP contribution in [0.25, 0.3) is 0 Å². The highest BCUT2D eigenvalue weighted by atomic mass is 32.4. The van der Waals surface area contributed by atoms with Gasteiger partial charge < -0.3 is 0 Å². The van der Waals surface area contributed by atoms with Crippen molar-refractivity contribution in [2.75, 3.05) is 0 Å². The third-order valence-corrected chi connectivity index (χ3v) is 12.7. The quantitative estimate of drug-likeness (QED) is 0.677. The number of hydrogen-bond donors (Lipinski definition) is 0. The molecule has 2 heteroatoms. The average molecular weight is 252 g/mol. The first-order chi connectivity index (χ1) is 7.31. The van der Waals surface area contributed by atoms with E-state index >= 15 is 0 Å². The Labute approximate surface area is 104 Å².